The zero-order chi connectivity index (χ0) is 23.9. The molecule has 5 nitrogen and oxygen atoms in total. The Morgan fingerprint density at radius 1 is 1.03 bits per heavy atom. The number of fused-ring (bicyclic) bond motifs is 1. The van der Waals surface area contributed by atoms with E-state index >= 15 is 0 Å². The summed E-state index contributed by atoms with van der Waals surface area (Å²) in [6.45, 7) is 6.94. The second kappa shape index (κ2) is 8.86. The van der Waals surface area contributed by atoms with Crippen LogP contribution in [0.2, 0.25) is 10.0 Å². The van der Waals surface area contributed by atoms with E-state index < -0.39 is 11.6 Å². The van der Waals surface area contributed by atoms with Crippen LogP contribution in [0.3, 0.4) is 0 Å². The quantitative estimate of drug-likeness (QED) is 0.324. The molecule has 2 aromatic heterocycles. The molecule has 2 aromatic carbocycles. The Kier molecular flexibility index (Phi) is 6.27. The van der Waals surface area contributed by atoms with Gasteiger partial charge in [-0.15, -0.1) is 0 Å². The first-order valence-electron chi connectivity index (χ1n) is 10.4. The van der Waals surface area contributed by atoms with Crippen LogP contribution in [0, 0.1) is 12.7 Å². The topological polar surface area (TPSA) is 70.9 Å². The van der Waals surface area contributed by atoms with Gasteiger partial charge in [-0.2, -0.15) is 0 Å². The Balaban J connectivity index is 1.79. The van der Waals surface area contributed by atoms with Crippen LogP contribution >= 0.6 is 23.2 Å². The van der Waals surface area contributed by atoms with Gasteiger partial charge in [0.1, 0.15) is 11.4 Å². The minimum Gasteiger partial charge on any atom is -0.382 e. The van der Waals surface area contributed by atoms with Gasteiger partial charge in [0.2, 0.25) is 0 Å². The molecule has 0 aliphatic carbocycles. The van der Waals surface area contributed by atoms with Crippen molar-refractivity contribution in [3.63, 3.8) is 0 Å². The molecular formula is C25H23Cl2FN4O. The van der Waals surface area contributed by atoms with Gasteiger partial charge in [-0.25, -0.2) is 14.4 Å². The van der Waals surface area contributed by atoms with E-state index in [4.69, 9.17) is 23.2 Å². The summed E-state index contributed by atoms with van der Waals surface area (Å²) in [7, 11) is 0. The van der Waals surface area contributed by atoms with Gasteiger partial charge in [0.25, 0.3) is 0 Å². The summed E-state index contributed by atoms with van der Waals surface area (Å²) in [6.07, 6.45) is 3.34. The Morgan fingerprint density at radius 2 is 1.73 bits per heavy atom. The van der Waals surface area contributed by atoms with E-state index in [9.17, 15) is 9.50 Å². The molecule has 0 saturated carbocycles. The van der Waals surface area contributed by atoms with Crippen molar-refractivity contribution in [2.24, 2.45) is 0 Å². The van der Waals surface area contributed by atoms with Crippen molar-refractivity contribution in [3.8, 4) is 11.1 Å². The largest absolute Gasteiger partial charge is 0.382 e. The molecule has 8 heteroatoms. The number of aromatic nitrogens is 3. The molecule has 2 N–H and O–H groups in total. The lowest BCUT2D eigenvalue weighted by Gasteiger charge is -2.20. The lowest BCUT2D eigenvalue weighted by atomic mass is 10.0. The summed E-state index contributed by atoms with van der Waals surface area (Å²) in [4.78, 5) is 13.2. The molecule has 33 heavy (non-hydrogen) atoms. The summed E-state index contributed by atoms with van der Waals surface area (Å²) in [5.74, 6) is -0.0116. The van der Waals surface area contributed by atoms with Gasteiger partial charge < -0.3 is 10.4 Å². The minimum absolute atomic E-state index is 0.340. The van der Waals surface area contributed by atoms with Gasteiger partial charge in [0.05, 0.1) is 28.0 Å². The molecule has 0 spiro atoms. The Morgan fingerprint density at radius 3 is 2.39 bits per heavy atom. The van der Waals surface area contributed by atoms with Gasteiger partial charge in [0, 0.05) is 33.9 Å². The summed E-state index contributed by atoms with van der Waals surface area (Å²) in [5.41, 5.74) is 3.01. The number of rotatable bonds is 5. The average molecular weight is 485 g/mol. The van der Waals surface area contributed by atoms with Crippen LogP contribution in [0.4, 0.5) is 10.1 Å². The average Bonchev–Trinajstić information content (AvgIpc) is 2.77. The zero-order valence-corrected chi connectivity index (χ0v) is 20.1. The van der Waals surface area contributed by atoms with Crippen LogP contribution < -0.4 is 5.32 Å². The fourth-order valence-electron chi connectivity index (χ4n) is 3.62. The zero-order valence-electron chi connectivity index (χ0n) is 18.6. The maximum absolute atomic E-state index is 14.4. The van der Waals surface area contributed by atoms with E-state index in [1.165, 1.54) is 12.1 Å². The Labute approximate surface area is 201 Å². The van der Waals surface area contributed by atoms with Crippen molar-refractivity contribution in [1.82, 2.24) is 15.0 Å². The van der Waals surface area contributed by atoms with Crippen molar-refractivity contribution in [2.75, 3.05) is 5.32 Å². The maximum atomic E-state index is 14.4. The van der Waals surface area contributed by atoms with Crippen LogP contribution in [-0.2, 0) is 5.60 Å². The van der Waals surface area contributed by atoms with Crippen LogP contribution in [0.15, 0.2) is 48.8 Å². The van der Waals surface area contributed by atoms with Crippen molar-refractivity contribution in [2.45, 2.75) is 39.3 Å². The number of anilines is 1. The maximum Gasteiger partial charge on any atom is 0.159 e. The monoisotopic (exact) mass is 484 g/mol. The highest BCUT2D eigenvalue weighted by Gasteiger charge is 2.20. The SMILES string of the molecule is Cc1nc2ccc(-c3cnc(C(C)(C)O)nc3)cc2c(NC(C)c2cc(Cl)ccc2F)c1Cl. The van der Waals surface area contributed by atoms with Crippen LogP contribution in [0.5, 0.6) is 0 Å². The third kappa shape index (κ3) is 4.78. The van der Waals surface area contributed by atoms with Gasteiger partial charge in [-0.3, -0.25) is 4.98 Å². The molecule has 0 aliphatic rings. The first kappa shape index (κ1) is 23.4. The number of nitrogens with one attached hydrogen (secondary N) is 1. The van der Waals surface area contributed by atoms with E-state index in [1.54, 1.807) is 32.3 Å². The van der Waals surface area contributed by atoms with E-state index in [-0.39, 0.29) is 5.82 Å². The summed E-state index contributed by atoms with van der Waals surface area (Å²) >= 11 is 12.7. The molecular weight excluding hydrogens is 462 g/mol. The van der Waals surface area contributed by atoms with E-state index in [0.717, 1.165) is 22.0 Å². The second-order valence-corrected chi connectivity index (χ2v) is 9.32. The predicted octanol–water partition coefficient (Wildman–Crippen LogP) is 6.85. The molecule has 0 aliphatic heterocycles. The number of aliphatic hydroxyl groups is 1. The molecule has 0 saturated heterocycles. The Hall–Kier alpha value is -2.80. The predicted molar refractivity (Wildman–Crippen MR) is 131 cm³/mol. The summed E-state index contributed by atoms with van der Waals surface area (Å²) in [5, 5.41) is 15.2. The molecule has 0 bridgehead atoms. The fraction of sp³-hybridized carbons (Fsp3) is 0.240. The third-order valence-corrected chi connectivity index (χ3v) is 6.11. The minimum atomic E-state index is -1.13. The highest BCUT2D eigenvalue weighted by atomic mass is 35.5. The van der Waals surface area contributed by atoms with Crippen LogP contribution in [0.25, 0.3) is 22.0 Å². The van der Waals surface area contributed by atoms with Crippen molar-refractivity contribution in [3.05, 3.63) is 81.7 Å². The molecule has 0 fully saturated rings. The highest BCUT2D eigenvalue weighted by Crippen LogP contribution is 2.37. The molecule has 1 unspecified atom stereocenters. The standard InChI is InChI=1S/C25H23Cl2FN4O/c1-13(18-10-17(26)6-7-20(18)28)32-23-19-9-15(5-8-21(19)31-14(2)22(23)27)16-11-29-24(30-12-16)25(3,4)33/h5-13,33H,1-4H3,(H,31,32). The molecule has 0 radical (unpaired) electrons. The Bertz CT molecular complexity index is 1340. The van der Waals surface area contributed by atoms with Gasteiger partial charge >= 0.3 is 0 Å². The first-order valence-corrected chi connectivity index (χ1v) is 11.2. The lowest BCUT2D eigenvalue weighted by molar-refractivity contribution is 0.0687. The van der Waals surface area contributed by atoms with Crippen molar-refractivity contribution < 1.29 is 9.50 Å². The molecule has 1 atom stereocenters. The number of nitrogens with zero attached hydrogens (tertiary/aromatic N) is 3. The van der Waals surface area contributed by atoms with E-state index in [0.29, 0.717) is 32.8 Å². The molecule has 4 rings (SSSR count). The number of halogens is 3. The number of pyridine rings is 1. The number of hydrogen-bond acceptors (Lipinski definition) is 5. The summed E-state index contributed by atoms with van der Waals surface area (Å²) < 4.78 is 14.4. The fourth-order valence-corrected chi connectivity index (χ4v) is 4.00. The van der Waals surface area contributed by atoms with Crippen molar-refractivity contribution >= 4 is 39.8 Å². The van der Waals surface area contributed by atoms with E-state index in [2.05, 4.69) is 20.3 Å². The summed E-state index contributed by atoms with van der Waals surface area (Å²) in [6, 6.07) is 9.84. The molecule has 2 heterocycles. The third-order valence-electron chi connectivity index (χ3n) is 5.41. The van der Waals surface area contributed by atoms with Gasteiger partial charge in [0.15, 0.2) is 5.82 Å². The smallest absolute Gasteiger partial charge is 0.159 e. The highest BCUT2D eigenvalue weighted by molar-refractivity contribution is 6.35. The number of aryl methyl sites for hydroxylation is 1. The molecule has 0 amide bonds. The molecule has 4 aromatic rings. The van der Waals surface area contributed by atoms with Crippen LogP contribution in [-0.4, -0.2) is 20.1 Å². The lowest BCUT2D eigenvalue weighted by Crippen LogP contribution is -2.19. The van der Waals surface area contributed by atoms with Gasteiger partial charge in [-0.1, -0.05) is 29.3 Å². The number of benzene rings is 2. The first-order chi connectivity index (χ1) is 15.5. The normalized spacial score (nSPS) is 12.7. The molecule has 170 valence electrons. The van der Waals surface area contributed by atoms with Crippen molar-refractivity contribution in [1.29, 1.82) is 0 Å². The van der Waals surface area contributed by atoms with E-state index in [1.807, 2.05) is 32.0 Å². The second-order valence-electron chi connectivity index (χ2n) is 8.50. The van der Waals surface area contributed by atoms with Gasteiger partial charge in [-0.05, 0) is 63.6 Å². The van der Waals surface area contributed by atoms with Crippen LogP contribution in [0.1, 0.15) is 43.9 Å². The number of hydrogen-bond donors (Lipinski definition) is 2.